The first-order valence-corrected chi connectivity index (χ1v) is 11.3. The van der Waals surface area contributed by atoms with E-state index >= 15 is 0 Å². The molecule has 0 bridgehead atoms. The highest BCUT2D eigenvalue weighted by molar-refractivity contribution is 9.10. The molecule has 1 saturated heterocycles. The van der Waals surface area contributed by atoms with Gasteiger partial charge >= 0.3 is 0 Å². The first-order valence-electron chi connectivity index (χ1n) is 10.1. The Morgan fingerprint density at radius 2 is 1.63 bits per heavy atom. The number of hydrogen-bond donors (Lipinski definition) is 1. The second kappa shape index (κ2) is 7.63. The summed E-state index contributed by atoms with van der Waals surface area (Å²) in [4.78, 5) is 29.7. The number of carbonyl (C=O) groups excluding carboxylic acids is 2. The van der Waals surface area contributed by atoms with Crippen LogP contribution in [0.5, 0.6) is 0 Å². The molecule has 5 rings (SSSR count). The van der Waals surface area contributed by atoms with E-state index in [0.29, 0.717) is 5.69 Å². The maximum Gasteiger partial charge on any atom is 0.270 e. The van der Waals surface area contributed by atoms with Gasteiger partial charge in [-0.05, 0) is 97.1 Å². The highest BCUT2D eigenvalue weighted by Crippen LogP contribution is 2.36. The monoisotopic (exact) mass is 481 g/mol. The van der Waals surface area contributed by atoms with Crippen molar-refractivity contribution in [2.24, 2.45) is 0 Å². The Bertz CT molecular complexity index is 1080. The molecule has 3 aliphatic heterocycles. The molecule has 2 aromatic rings. The minimum absolute atomic E-state index is 0.0978. The molecule has 2 amide bonds. The van der Waals surface area contributed by atoms with Crippen LogP contribution in [-0.4, -0.2) is 30.0 Å². The standard InChI is InChI=1S/C23H20BrN3O2S/c24-17-5-7-18(8-6-17)27-22(29)19(21(28)25-23(27)30)13-14-11-15-3-1-9-26-10-2-4-16(12-14)20(15)26/h5-8,11-13H,1-4,9-10H2,(H,25,28,30)/b19-13-. The predicted molar refractivity (Wildman–Crippen MR) is 126 cm³/mol. The van der Waals surface area contributed by atoms with E-state index in [-0.39, 0.29) is 10.7 Å². The molecule has 0 saturated carbocycles. The van der Waals surface area contributed by atoms with Crippen molar-refractivity contribution in [1.82, 2.24) is 5.32 Å². The zero-order valence-corrected chi connectivity index (χ0v) is 18.7. The van der Waals surface area contributed by atoms with Gasteiger partial charge in [0.1, 0.15) is 5.57 Å². The fourth-order valence-corrected chi connectivity index (χ4v) is 5.11. The maximum atomic E-state index is 13.2. The van der Waals surface area contributed by atoms with Crippen LogP contribution in [0.25, 0.3) is 6.08 Å². The summed E-state index contributed by atoms with van der Waals surface area (Å²) in [5.41, 5.74) is 5.61. The Balaban J connectivity index is 1.54. The number of nitrogens with zero attached hydrogens (tertiary/aromatic N) is 2. The van der Waals surface area contributed by atoms with Gasteiger partial charge in [0.25, 0.3) is 11.8 Å². The van der Waals surface area contributed by atoms with Crippen LogP contribution in [0.4, 0.5) is 11.4 Å². The van der Waals surface area contributed by atoms with Crippen LogP contribution in [0.15, 0.2) is 46.4 Å². The molecule has 1 fully saturated rings. The predicted octanol–water partition coefficient (Wildman–Crippen LogP) is 3.98. The van der Waals surface area contributed by atoms with Crippen molar-refractivity contribution in [1.29, 1.82) is 0 Å². The van der Waals surface area contributed by atoms with E-state index in [1.807, 2.05) is 12.1 Å². The molecule has 0 aliphatic carbocycles. The number of anilines is 2. The average molecular weight is 482 g/mol. The van der Waals surface area contributed by atoms with E-state index in [1.165, 1.54) is 21.7 Å². The molecule has 1 N–H and O–H groups in total. The molecule has 0 spiro atoms. The summed E-state index contributed by atoms with van der Waals surface area (Å²) in [7, 11) is 0. The Labute approximate surface area is 188 Å². The summed E-state index contributed by atoms with van der Waals surface area (Å²) in [6.07, 6.45) is 6.04. The number of hydrogen-bond acceptors (Lipinski definition) is 4. The van der Waals surface area contributed by atoms with Crippen LogP contribution in [0.2, 0.25) is 0 Å². The van der Waals surface area contributed by atoms with Crippen molar-refractivity contribution in [2.75, 3.05) is 22.9 Å². The number of benzene rings is 2. The summed E-state index contributed by atoms with van der Waals surface area (Å²) in [6, 6.07) is 11.5. The lowest BCUT2D eigenvalue weighted by molar-refractivity contribution is -0.122. The van der Waals surface area contributed by atoms with Crippen LogP contribution in [0.1, 0.15) is 29.5 Å². The van der Waals surface area contributed by atoms with E-state index in [1.54, 1.807) is 18.2 Å². The second-order valence-electron chi connectivity index (χ2n) is 7.82. The van der Waals surface area contributed by atoms with Gasteiger partial charge in [-0.2, -0.15) is 0 Å². The number of aryl methyl sites for hydroxylation is 2. The van der Waals surface area contributed by atoms with Gasteiger partial charge in [-0.3, -0.25) is 19.8 Å². The van der Waals surface area contributed by atoms with Crippen molar-refractivity contribution in [3.8, 4) is 0 Å². The largest absolute Gasteiger partial charge is 0.371 e. The summed E-state index contributed by atoms with van der Waals surface area (Å²) >= 11 is 8.68. The van der Waals surface area contributed by atoms with Gasteiger partial charge in [-0.25, -0.2) is 0 Å². The quantitative estimate of drug-likeness (QED) is 0.400. The normalized spacial score (nSPS) is 19.8. The minimum Gasteiger partial charge on any atom is -0.371 e. The third kappa shape index (κ3) is 3.36. The molecular weight excluding hydrogens is 462 g/mol. The number of amides is 2. The molecule has 7 heteroatoms. The SMILES string of the molecule is O=C1NC(=S)N(c2ccc(Br)cc2)C(=O)/C1=C\c1cc2c3c(c1)CCCN3CCC2. The van der Waals surface area contributed by atoms with E-state index in [2.05, 4.69) is 38.3 Å². The van der Waals surface area contributed by atoms with Crippen molar-refractivity contribution in [3.63, 3.8) is 0 Å². The van der Waals surface area contributed by atoms with Gasteiger partial charge in [-0.15, -0.1) is 0 Å². The van der Waals surface area contributed by atoms with Crippen LogP contribution in [-0.2, 0) is 22.4 Å². The topological polar surface area (TPSA) is 52.7 Å². The zero-order chi connectivity index (χ0) is 20.8. The van der Waals surface area contributed by atoms with Gasteiger partial charge in [0.15, 0.2) is 5.11 Å². The van der Waals surface area contributed by atoms with Gasteiger partial charge in [0.2, 0.25) is 0 Å². The average Bonchev–Trinajstić information content (AvgIpc) is 2.73. The summed E-state index contributed by atoms with van der Waals surface area (Å²) in [6.45, 7) is 2.22. The summed E-state index contributed by atoms with van der Waals surface area (Å²) in [5, 5.41) is 2.76. The van der Waals surface area contributed by atoms with Crippen LogP contribution >= 0.6 is 28.1 Å². The number of nitrogens with one attached hydrogen (secondary N) is 1. The van der Waals surface area contributed by atoms with Gasteiger partial charge in [-0.1, -0.05) is 15.9 Å². The molecule has 0 unspecified atom stereocenters. The smallest absolute Gasteiger partial charge is 0.270 e. The molecule has 0 aromatic heterocycles. The molecule has 3 heterocycles. The van der Waals surface area contributed by atoms with Crippen LogP contribution in [0.3, 0.4) is 0 Å². The Morgan fingerprint density at radius 1 is 1.00 bits per heavy atom. The van der Waals surface area contributed by atoms with Crippen molar-refractivity contribution < 1.29 is 9.59 Å². The van der Waals surface area contributed by atoms with E-state index in [4.69, 9.17) is 12.2 Å². The zero-order valence-electron chi connectivity index (χ0n) is 16.3. The van der Waals surface area contributed by atoms with E-state index in [0.717, 1.165) is 48.8 Å². The van der Waals surface area contributed by atoms with Crippen molar-refractivity contribution in [3.05, 3.63) is 63.1 Å². The highest BCUT2D eigenvalue weighted by Gasteiger charge is 2.34. The number of thiocarbonyl (C=S) groups is 1. The molecular formula is C23H20BrN3O2S. The number of rotatable bonds is 2. The highest BCUT2D eigenvalue weighted by atomic mass is 79.9. The molecule has 3 aliphatic rings. The first kappa shape index (κ1) is 19.5. The maximum absolute atomic E-state index is 13.2. The lowest BCUT2D eigenvalue weighted by atomic mass is 9.89. The Kier molecular flexibility index (Phi) is 4.95. The third-order valence-electron chi connectivity index (χ3n) is 5.85. The van der Waals surface area contributed by atoms with Gasteiger partial charge in [0.05, 0.1) is 5.69 Å². The first-order chi connectivity index (χ1) is 14.5. The van der Waals surface area contributed by atoms with Crippen LogP contribution < -0.4 is 15.1 Å². The van der Waals surface area contributed by atoms with E-state index < -0.39 is 11.8 Å². The fraction of sp³-hybridized carbons (Fsp3) is 0.261. The summed E-state index contributed by atoms with van der Waals surface area (Å²) < 4.78 is 0.901. The lowest BCUT2D eigenvalue weighted by Crippen LogP contribution is -2.54. The molecule has 152 valence electrons. The molecule has 0 atom stereocenters. The number of carbonyl (C=O) groups is 2. The molecule has 2 aromatic carbocycles. The summed E-state index contributed by atoms with van der Waals surface area (Å²) in [5.74, 6) is -0.856. The van der Waals surface area contributed by atoms with E-state index in [9.17, 15) is 9.59 Å². The van der Waals surface area contributed by atoms with Gasteiger partial charge < -0.3 is 4.90 Å². The van der Waals surface area contributed by atoms with Gasteiger partial charge in [0, 0.05) is 23.2 Å². The third-order valence-corrected chi connectivity index (χ3v) is 6.67. The molecule has 0 radical (unpaired) electrons. The fourth-order valence-electron chi connectivity index (χ4n) is 4.56. The van der Waals surface area contributed by atoms with Crippen LogP contribution in [0, 0.1) is 0 Å². The Hall–Kier alpha value is -2.51. The second-order valence-corrected chi connectivity index (χ2v) is 9.12. The minimum atomic E-state index is -0.452. The lowest BCUT2D eigenvalue weighted by Gasteiger charge is -2.37. The number of halogens is 1. The molecule has 5 nitrogen and oxygen atoms in total. The Morgan fingerprint density at radius 3 is 2.27 bits per heavy atom. The van der Waals surface area contributed by atoms with Crippen molar-refractivity contribution in [2.45, 2.75) is 25.7 Å². The molecule has 30 heavy (non-hydrogen) atoms. The van der Waals surface area contributed by atoms with Crippen molar-refractivity contribution >= 4 is 62.5 Å².